The number of rotatable bonds is 6. The first kappa shape index (κ1) is 16.6. The van der Waals surface area contributed by atoms with Crippen molar-refractivity contribution >= 4 is 17.3 Å². The molecule has 0 unspecified atom stereocenters. The molecule has 0 aliphatic carbocycles. The number of hydrogen-bond acceptors (Lipinski definition) is 7. The molecule has 1 aromatic carbocycles. The largest absolute Gasteiger partial charge is 0.481 e. The van der Waals surface area contributed by atoms with Crippen molar-refractivity contribution in [3.63, 3.8) is 0 Å². The van der Waals surface area contributed by atoms with Crippen molar-refractivity contribution in [1.82, 2.24) is 4.98 Å². The molecule has 8 nitrogen and oxygen atoms in total. The molecule has 1 aliphatic rings. The van der Waals surface area contributed by atoms with E-state index in [0.717, 1.165) is 5.56 Å². The van der Waals surface area contributed by atoms with Gasteiger partial charge in [-0.15, -0.1) is 0 Å². The molecule has 25 heavy (non-hydrogen) atoms. The van der Waals surface area contributed by atoms with Gasteiger partial charge < -0.3 is 24.4 Å². The number of anilines is 1. The number of hydrogen-bond donors (Lipinski definition) is 1. The molecule has 0 saturated heterocycles. The van der Waals surface area contributed by atoms with Gasteiger partial charge in [-0.05, 0) is 31.2 Å². The van der Waals surface area contributed by atoms with Crippen molar-refractivity contribution in [2.75, 3.05) is 25.8 Å². The van der Waals surface area contributed by atoms with Crippen LogP contribution in [-0.2, 0) is 9.63 Å². The molecular weight excluding hydrogens is 326 g/mol. The normalized spacial score (nSPS) is 12.6. The van der Waals surface area contributed by atoms with Crippen molar-refractivity contribution < 1.29 is 23.8 Å². The molecule has 0 saturated carbocycles. The molecule has 0 bridgehead atoms. The number of benzene rings is 1. The summed E-state index contributed by atoms with van der Waals surface area (Å²) < 4.78 is 15.5. The highest BCUT2D eigenvalue weighted by molar-refractivity contribution is 5.99. The van der Waals surface area contributed by atoms with Gasteiger partial charge in [0.15, 0.2) is 18.1 Å². The summed E-state index contributed by atoms with van der Waals surface area (Å²) in [6, 6.07) is 8.80. The van der Waals surface area contributed by atoms with Crippen LogP contribution >= 0.6 is 0 Å². The number of nitrogens with zero attached hydrogens (tertiary/aromatic N) is 2. The maximum absolute atomic E-state index is 11.8. The molecule has 1 amide bonds. The van der Waals surface area contributed by atoms with E-state index in [9.17, 15) is 4.79 Å². The minimum absolute atomic E-state index is 0.214. The van der Waals surface area contributed by atoms with E-state index < -0.39 is 0 Å². The SMILES string of the molecule is COc1ccc(NC(=O)CO/N=C(/C)c2ccc3c(c2)OCO3)cn1. The number of methoxy groups -OCH3 is 1. The Morgan fingerprint density at radius 3 is 2.88 bits per heavy atom. The first-order chi connectivity index (χ1) is 12.2. The lowest BCUT2D eigenvalue weighted by Gasteiger charge is -2.06. The zero-order chi connectivity index (χ0) is 17.6. The number of oxime groups is 1. The maximum atomic E-state index is 11.8. The van der Waals surface area contributed by atoms with E-state index in [2.05, 4.69) is 15.5 Å². The smallest absolute Gasteiger partial charge is 0.265 e. The van der Waals surface area contributed by atoms with E-state index in [4.69, 9.17) is 19.0 Å². The third-order valence-corrected chi connectivity index (χ3v) is 3.42. The lowest BCUT2D eigenvalue weighted by Crippen LogP contribution is -2.17. The third-order valence-electron chi connectivity index (χ3n) is 3.42. The third kappa shape index (κ3) is 4.17. The van der Waals surface area contributed by atoms with E-state index in [1.165, 1.54) is 13.3 Å². The molecular formula is C17H17N3O5. The molecule has 1 aliphatic heterocycles. The van der Waals surface area contributed by atoms with Crippen molar-refractivity contribution in [2.24, 2.45) is 5.16 Å². The summed E-state index contributed by atoms with van der Waals surface area (Å²) >= 11 is 0. The molecule has 1 aromatic heterocycles. The molecule has 0 fully saturated rings. The van der Waals surface area contributed by atoms with Gasteiger partial charge in [0.2, 0.25) is 12.7 Å². The van der Waals surface area contributed by atoms with Crippen molar-refractivity contribution in [2.45, 2.75) is 6.92 Å². The summed E-state index contributed by atoms with van der Waals surface area (Å²) in [5, 5.41) is 6.61. The predicted octanol–water partition coefficient (Wildman–Crippen LogP) is 2.20. The quantitative estimate of drug-likeness (QED) is 0.639. The second-order valence-corrected chi connectivity index (χ2v) is 5.16. The van der Waals surface area contributed by atoms with Crippen LogP contribution in [0.25, 0.3) is 0 Å². The van der Waals surface area contributed by atoms with Crippen molar-refractivity contribution in [1.29, 1.82) is 0 Å². The van der Waals surface area contributed by atoms with Crippen LogP contribution in [-0.4, -0.2) is 37.1 Å². The van der Waals surface area contributed by atoms with Crippen LogP contribution in [0.2, 0.25) is 0 Å². The Bertz CT molecular complexity index is 789. The van der Waals surface area contributed by atoms with E-state index in [0.29, 0.717) is 28.8 Å². The number of amides is 1. The molecule has 130 valence electrons. The van der Waals surface area contributed by atoms with Gasteiger partial charge in [-0.25, -0.2) is 4.98 Å². The zero-order valence-corrected chi connectivity index (χ0v) is 13.8. The number of fused-ring (bicyclic) bond motifs is 1. The Balaban J connectivity index is 1.52. The van der Waals surface area contributed by atoms with E-state index in [1.807, 2.05) is 12.1 Å². The van der Waals surface area contributed by atoms with E-state index >= 15 is 0 Å². The van der Waals surface area contributed by atoms with Gasteiger partial charge in [-0.3, -0.25) is 4.79 Å². The fourth-order valence-electron chi connectivity index (χ4n) is 2.13. The minimum atomic E-state index is -0.339. The molecule has 1 N–H and O–H groups in total. The number of carbonyl (C=O) groups is 1. The first-order valence-corrected chi connectivity index (χ1v) is 7.52. The van der Waals surface area contributed by atoms with Gasteiger partial charge in [0.25, 0.3) is 5.91 Å². The fourth-order valence-corrected chi connectivity index (χ4v) is 2.13. The monoisotopic (exact) mass is 343 g/mol. The number of carbonyl (C=O) groups excluding carboxylic acids is 1. The standard InChI is InChI=1S/C17H17N3O5/c1-11(12-3-5-14-15(7-12)24-10-23-14)20-25-9-16(21)19-13-4-6-17(22-2)18-8-13/h3-8H,9-10H2,1-2H3,(H,19,21)/b20-11-. The lowest BCUT2D eigenvalue weighted by molar-refractivity contribution is -0.120. The lowest BCUT2D eigenvalue weighted by atomic mass is 10.1. The van der Waals surface area contributed by atoms with Crippen LogP contribution in [0.5, 0.6) is 17.4 Å². The minimum Gasteiger partial charge on any atom is -0.481 e. The summed E-state index contributed by atoms with van der Waals surface area (Å²) in [6.45, 7) is 1.78. The average Bonchev–Trinajstić information content (AvgIpc) is 3.10. The van der Waals surface area contributed by atoms with Gasteiger partial charge in [0, 0.05) is 11.6 Å². The van der Waals surface area contributed by atoms with Gasteiger partial charge >= 0.3 is 0 Å². The Morgan fingerprint density at radius 1 is 1.28 bits per heavy atom. The average molecular weight is 343 g/mol. The predicted molar refractivity (Wildman–Crippen MR) is 90.1 cm³/mol. The van der Waals surface area contributed by atoms with Crippen molar-refractivity contribution in [3.8, 4) is 17.4 Å². The highest BCUT2D eigenvalue weighted by Gasteiger charge is 2.14. The fraction of sp³-hybridized carbons (Fsp3) is 0.235. The highest BCUT2D eigenvalue weighted by Crippen LogP contribution is 2.32. The van der Waals surface area contributed by atoms with E-state index in [-0.39, 0.29) is 19.3 Å². The van der Waals surface area contributed by atoms with Gasteiger partial charge in [0.05, 0.1) is 24.7 Å². The molecule has 0 spiro atoms. The van der Waals surface area contributed by atoms with E-state index in [1.54, 1.807) is 25.1 Å². The second kappa shape index (κ2) is 7.52. The summed E-state index contributed by atoms with van der Waals surface area (Å²) in [5.74, 6) is 1.49. The van der Waals surface area contributed by atoms with Crippen LogP contribution < -0.4 is 19.5 Å². The van der Waals surface area contributed by atoms with Crippen LogP contribution in [0.15, 0.2) is 41.7 Å². The maximum Gasteiger partial charge on any atom is 0.265 e. The molecule has 8 heteroatoms. The summed E-state index contributed by atoms with van der Waals surface area (Å²) in [4.78, 5) is 20.9. The van der Waals surface area contributed by atoms with Crippen LogP contribution in [0, 0.1) is 0 Å². The van der Waals surface area contributed by atoms with Crippen LogP contribution in [0.3, 0.4) is 0 Å². The molecule has 0 atom stereocenters. The van der Waals surface area contributed by atoms with Crippen LogP contribution in [0.4, 0.5) is 5.69 Å². The summed E-state index contributed by atoms with van der Waals surface area (Å²) in [5.41, 5.74) is 1.99. The summed E-state index contributed by atoms with van der Waals surface area (Å²) in [6.07, 6.45) is 1.50. The summed E-state index contributed by atoms with van der Waals surface area (Å²) in [7, 11) is 1.52. The molecule has 0 radical (unpaired) electrons. The second-order valence-electron chi connectivity index (χ2n) is 5.16. The number of ether oxygens (including phenoxy) is 3. The first-order valence-electron chi connectivity index (χ1n) is 7.52. The number of aromatic nitrogens is 1. The van der Waals surface area contributed by atoms with Crippen molar-refractivity contribution in [3.05, 3.63) is 42.1 Å². The molecule has 3 rings (SSSR count). The molecule has 2 heterocycles. The number of pyridine rings is 1. The van der Waals surface area contributed by atoms with Gasteiger partial charge in [-0.1, -0.05) is 5.16 Å². The van der Waals surface area contributed by atoms with Gasteiger partial charge in [0.1, 0.15) is 0 Å². The highest BCUT2D eigenvalue weighted by atomic mass is 16.7. The molecule has 2 aromatic rings. The Morgan fingerprint density at radius 2 is 2.12 bits per heavy atom. The van der Waals surface area contributed by atoms with Crippen LogP contribution in [0.1, 0.15) is 12.5 Å². The topological polar surface area (TPSA) is 91.3 Å². The number of nitrogens with one attached hydrogen (secondary N) is 1. The van der Waals surface area contributed by atoms with Gasteiger partial charge in [-0.2, -0.15) is 0 Å². The zero-order valence-electron chi connectivity index (χ0n) is 13.8. The Kier molecular flexibility index (Phi) is 4.98. The Hall–Kier alpha value is -3.29. The Labute approximate surface area is 144 Å².